The average molecular weight is 246 g/mol. The molecule has 0 aromatic carbocycles. The molecule has 2 aromatic rings. The van der Waals surface area contributed by atoms with E-state index in [9.17, 15) is 0 Å². The number of nitrogens with zero attached hydrogens (tertiary/aromatic N) is 4. The Morgan fingerprint density at radius 2 is 2.35 bits per heavy atom. The highest BCUT2D eigenvalue weighted by atomic mass is 32.1. The first-order valence-electron chi connectivity index (χ1n) is 5.76. The van der Waals surface area contributed by atoms with E-state index in [1.54, 1.807) is 6.20 Å². The molecule has 0 spiro atoms. The molecular weight excluding hydrogens is 232 g/mol. The molecule has 0 radical (unpaired) electrons. The quantitative estimate of drug-likeness (QED) is 0.831. The minimum Gasteiger partial charge on any atom is -0.346 e. The zero-order valence-corrected chi connectivity index (χ0v) is 10.5. The third-order valence-electron chi connectivity index (χ3n) is 2.84. The van der Waals surface area contributed by atoms with Gasteiger partial charge in [0, 0.05) is 43.4 Å². The molecule has 1 aliphatic rings. The predicted molar refractivity (Wildman–Crippen MR) is 68.2 cm³/mol. The van der Waals surface area contributed by atoms with Crippen LogP contribution in [0.25, 0.3) is 0 Å². The highest BCUT2D eigenvalue weighted by Gasteiger charge is 2.28. The van der Waals surface area contributed by atoms with Crippen LogP contribution in [-0.2, 0) is 6.54 Å². The van der Waals surface area contributed by atoms with Gasteiger partial charge in [0.05, 0.1) is 0 Å². The third kappa shape index (κ3) is 2.44. The maximum Gasteiger partial charge on any atom is 0.205 e. The van der Waals surface area contributed by atoms with Crippen molar-refractivity contribution in [1.82, 2.24) is 14.3 Å². The van der Waals surface area contributed by atoms with Gasteiger partial charge in [-0.1, -0.05) is 6.07 Å². The number of aromatic nitrogens is 3. The topological polar surface area (TPSA) is 41.9 Å². The van der Waals surface area contributed by atoms with E-state index >= 15 is 0 Å². The van der Waals surface area contributed by atoms with Crippen molar-refractivity contribution in [1.29, 1.82) is 0 Å². The van der Waals surface area contributed by atoms with Crippen LogP contribution < -0.4 is 4.90 Å². The van der Waals surface area contributed by atoms with Crippen molar-refractivity contribution < 1.29 is 0 Å². The summed E-state index contributed by atoms with van der Waals surface area (Å²) in [6, 6.07) is 4.03. The van der Waals surface area contributed by atoms with E-state index in [1.807, 2.05) is 19.3 Å². The van der Waals surface area contributed by atoms with Gasteiger partial charge in [0.1, 0.15) is 5.82 Å². The average Bonchev–Trinajstić information content (AvgIpc) is 3.08. The summed E-state index contributed by atoms with van der Waals surface area (Å²) in [6.07, 6.45) is 6.18. The molecule has 0 bridgehead atoms. The second kappa shape index (κ2) is 4.41. The standard InChI is InChI=1S/C12H14N4S/c1-16(8-9-3-2-6-13-7-9)12-14-11(15-17-12)10-4-5-10/h2-3,6-7,10H,4-5,8H2,1H3. The van der Waals surface area contributed by atoms with Gasteiger partial charge >= 0.3 is 0 Å². The van der Waals surface area contributed by atoms with Gasteiger partial charge in [0.25, 0.3) is 0 Å². The van der Waals surface area contributed by atoms with E-state index in [0.29, 0.717) is 5.92 Å². The van der Waals surface area contributed by atoms with E-state index in [0.717, 1.165) is 17.5 Å². The summed E-state index contributed by atoms with van der Waals surface area (Å²) in [5.74, 6) is 1.66. The molecule has 0 saturated heterocycles. The zero-order chi connectivity index (χ0) is 11.7. The Hall–Kier alpha value is -1.49. The minimum absolute atomic E-state index is 0.631. The van der Waals surface area contributed by atoms with Crippen LogP contribution in [0, 0.1) is 0 Å². The molecule has 1 fully saturated rings. The maximum atomic E-state index is 4.58. The van der Waals surface area contributed by atoms with Gasteiger partial charge in [-0.2, -0.15) is 4.37 Å². The Balaban J connectivity index is 1.70. The van der Waals surface area contributed by atoms with E-state index in [4.69, 9.17) is 0 Å². The van der Waals surface area contributed by atoms with Crippen molar-refractivity contribution >= 4 is 16.7 Å². The normalized spacial score (nSPS) is 14.9. The van der Waals surface area contributed by atoms with Crippen LogP contribution in [0.4, 0.5) is 5.13 Å². The first kappa shape index (κ1) is 10.7. The summed E-state index contributed by atoms with van der Waals surface area (Å²) in [4.78, 5) is 10.8. The van der Waals surface area contributed by atoms with Crippen LogP contribution in [-0.4, -0.2) is 21.4 Å². The summed E-state index contributed by atoms with van der Waals surface area (Å²) in [6.45, 7) is 0.827. The summed E-state index contributed by atoms with van der Waals surface area (Å²) < 4.78 is 4.41. The Kier molecular flexibility index (Phi) is 2.76. The molecule has 1 saturated carbocycles. The number of rotatable bonds is 4. The fourth-order valence-corrected chi connectivity index (χ4v) is 2.43. The lowest BCUT2D eigenvalue weighted by molar-refractivity contribution is 0.890. The monoisotopic (exact) mass is 246 g/mol. The lowest BCUT2D eigenvalue weighted by Gasteiger charge is -2.14. The maximum absolute atomic E-state index is 4.58. The van der Waals surface area contributed by atoms with Gasteiger partial charge in [-0.05, 0) is 24.5 Å². The van der Waals surface area contributed by atoms with Gasteiger partial charge < -0.3 is 4.90 Å². The molecule has 3 rings (SSSR count). The van der Waals surface area contributed by atoms with Gasteiger partial charge in [0.15, 0.2) is 0 Å². The summed E-state index contributed by atoms with van der Waals surface area (Å²) in [5.41, 5.74) is 1.19. The summed E-state index contributed by atoms with van der Waals surface area (Å²) >= 11 is 1.49. The lowest BCUT2D eigenvalue weighted by Crippen LogP contribution is -2.16. The Bertz CT molecular complexity index is 492. The molecule has 17 heavy (non-hydrogen) atoms. The second-order valence-electron chi connectivity index (χ2n) is 4.43. The van der Waals surface area contributed by atoms with E-state index in [1.165, 1.54) is 29.9 Å². The number of hydrogen-bond acceptors (Lipinski definition) is 5. The van der Waals surface area contributed by atoms with Crippen LogP contribution in [0.5, 0.6) is 0 Å². The van der Waals surface area contributed by atoms with E-state index in [-0.39, 0.29) is 0 Å². The van der Waals surface area contributed by atoms with Crippen LogP contribution in [0.2, 0.25) is 0 Å². The number of pyridine rings is 1. The molecule has 2 heterocycles. The van der Waals surface area contributed by atoms with Gasteiger partial charge in [-0.3, -0.25) is 4.98 Å². The largest absolute Gasteiger partial charge is 0.346 e. The number of anilines is 1. The molecular formula is C12H14N4S. The highest BCUT2D eigenvalue weighted by Crippen LogP contribution is 2.39. The molecule has 0 unspecified atom stereocenters. The molecule has 88 valence electrons. The zero-order valence-electron chi connectivity index (χ0n) is 9.71. The van der Waals surface area contributed by atoms with Crippen LogP contribution in [0.3, 0.4) is 0 Å². The van der Waals surface area contributed by atoms with E-state index in [2.05, 4.69) is 25.3 Å². The molecule has 2 aromatic heterocycles. The van der Waals surface area contributed by atoms with Gasteiger partial charge in [0.2, 0.25) is 5.13 Å². The molecule has 0 aliphatic heterocycles. The van der Waals surface area contributed by atoms with Crippen molar-refractivity contribution in [2.45, 2.75) is 25.3 Å². The van der Waals surface area contributed by atoms with Gasteiger partial charge in [-0.25, -0.2) is 4.98 Å². The van der Waals surface area contributed by atoms with Gasteiger partial charge in [-0.15, -0.1) is 0 Å². The number of hydrogen-bond donors (Lipinski definition) is 0. The first-order chi connectivity index (χ1) is 8.33. The first-order valence-corrected chi connectivity index (χ1v) is 6.54. The molecule has 0 atom stereocenters. The summed E-state index contributed by atoms with van der Waals surface area (Å²) in [5, 5.41) is 0.996. The van der Waals surface area contributed by atoms with E-state index < -0.39 is 0 Å². The summed E-state index contributed by atoms with van der Waals surface area (Å²) in [7, 11) is 2.05. The van der Waals surface area contributed by atoms with Crippen molar-refractivity contribution in [3.05, 3.63) is 35.9 Å². The van der Waals surface area contributed by atoms with Crippen LogP contribution >= 0.6 is 11.5 Å². The highest BCUT2D eigenvalue weighted by molar-refractivity contribution is 7.09. The SMILES string of the molecule is CN(Cc1cccnc1)c1nc(C2CC2)ns1. The fourth-order valence-electron chi connectivity index (χ4n) is 1.72. The van der Waals surface area contributed by atoms with Crippen molar-refractivity contribution in [3.8, 4) is 0 Å². The van der Waals surface area contributed by atoms with Crippen LogP contribution in [0.15, 0.2) is 24.5 Å². The molecule has 1 aliphatic carbocycles. The smallest absolute Gasteiger partial charge is 0.205 e. The Labute approximate surface area is 105 Å². The molecule has 4 nitrogen and oxygen atoms in total. The molecule has 0 N–H and O–H groups in total. The Morgan fingerprint density at radius 1 is 1.47 bits per heavy atom. The third-order valence-corrected chi connectivity index (χ3v) is 3.69. The predicted octanol–water partition coefficient (Wildman–Crippen LogP) is 2.45. The Morgan fingerprint density at radius 3 is 3.06 bits per heavy atom. The van der Waals surface area contributed by atoms with Crippen LogP contribution in [0.1, 0.15) is 30.1 Å². The van der Waals surface area contributed by atoms with Crippen molar-refractivity contribution in [2.24, 2.45) is 0 Å². The molecule has 0 amide bonds. The second-order valence-corrected chi connectivity index (χ2v) is 5.16. The van der Waals surface area contributed by atoms with Crippen molar-refractivity contribution in [2.75, 3.05) is 11.9 Å². The lowest BCUT2D eigenvalue weighted by atomic mass is 10.3. The fraction of sp³-hybridized carbons (Fsp3) is 0.417. The van der Waals surface area contributed by atoms with Crippen molar-refractivity contribution in [3.63, 3.8) is 0 Å². The minimum atomic E-state index is 0.631. The molecule has 5 heteroatoms.